The van der Waals surface area contributed by atoms with Gasteiger partial charge >= 0.3 is 0 Å². The van der Waals surface area contributed by atoms with Crippen molar-refractivity contribution in [3.8, 4) is 12.3 Å². The second-order valence-corrected chi connectivity index (χ2v) is 6.23. The highest BCUT2D eigenvalue weighted by Gasteiger charge is 2.25. The summed E-state index contributed by atoms with van der Waals surface area (Å²) in [7, 11) is -3.93. The molecule has 0 fully saturated rings. The van der Waals surface area contributed by atoms with Crippen LogP contribution in [0.25, 0.3) is 0 Å². The molecule has 0 aliphatic heterocycles. The summed E-state index contributed by atoms with van der Waals surface area (Å²) >= 11 is 3.09. The number of terminal acetylenes is 1. The summed E-state index contributed by atoms with van der Waals surface area (Å²) in [5, 5.41) is 10.8. The van der Waals surface area contributed by atoms with Gasteiger partial charge in [-0.15, -0.1) is 12.3 Å². The van der Waals surface area contributed by atoms with Gasteiger partial charge in [0, 0.05) is 23.5 Å². The lowest BCUT2D eigenvalue weighted by Crippen LogP contribution is -2.25. The molecule has 1 aromatic carbocycles. The van der Waals surface area contributed by atoms with Crippen LogP contribution in [0, 0.1) is 22.5 Å². The van der Waals surface area contributed by atoms with Gasteiger partial charge in [-0.3, -0.25) is 10.1 Å². The monoisotopic (exact) mass is 346 g/mol. The molecule has 102 valence electrons. The van der Waals surface area contributed by atoms with Crippen molar-refractivity contribution < 1.29 is 13.3 Å². The first kappa shape index (κ1) is 15.6. The molecule has 6 nitrogen and oxygen atoms in total. The van der Waals surface area contributed by atoms with Crippen LogP contribution < -0.4 is 4.72 Å². The number of rotatable bonds is 6. The summed E-state index contributed by atoms with van der Waals surface area (Å²) < 4.78 is 26.7. The maximum absolute atomic E-state index is 12.0. The van der Waals surface area contributed by atoms with Gasteiger partial charge in [0.15, 0.2) is 4.90 Å². The van der Waals surface area contributed by atoms with E-state index in [0.717, 1.165) is 6.07 Å². The van der Waals surface area contributed by atoms with E-state index in [0.29, 0.717) is 17.3 Å². The van der Waals surface area contributed by atoms with Crippen LogP contribution in [0.2, 0.25) is 0 Å². The maximum atomic E-state index is 12.0. The fraction of sp³-hybridized carbons (Fsp3) is 0.273. The number of nitro groups is 1. The molecule has 0 bridgehead atoms. The Labute approximate surface area is 119 Å². The number of nitro benzene ring substituents is 1. The van der Waals surface area contributed by atoms with E-state index in [2.05, 4.69) is 26.6 Å². The zero-order valence-corrected chi connectivity index (χ0v) is 12.2. The van der Waals surface area contributed by atoms with Gasteiger partial charge in [-0.05, 0) is 18.6 Å². The lowest BCUT2D eigenvalue weighted by atomic mass is 10.3. The smallest absolute Gasteiger partial charge is 0.258 e. The van der Waals surface area contributed by atoms with Crippen LogP contribution in [-0.4, -0.2) is 19.9 Å². The predicted molar refractivity (Wildman–Crippen MR) is 74.1 cm³/mol. The molecule has 0 atom stereocenters. The van der Waals surface area contributed by atoms with Gasteiger partial charge < -0.3 is 0 Å². The van der Waals surface area contributed by atoms with E-state index in [1.165, 1.54) is 12.1 Å². The summed E-state index contributed by atoms with van der Waals surface area (Å²) in [6.45, 7) is 0.135. The minimum atomic E-state index is -3.93. The van der Waals surface area contributed by atoms with E-state index >= 15 is 0 Å². The van der Waals surface area contributed by atoms with Crippen LogP contribution >= 0.6 is 15.9 Å². The highest BCUT2D eigenvalue weighted by atomic mass is 79.9. The highest BCUT2D eigenvalue weighted by Crippen LogP contribution is 2.26. The molecule has 0 amide bonds. The summed E-state index contributed by atoms with van der Waals surface area (Å²) in [5.41, 5.74) is -0.465. The fourth-order valence-corrected chi connectivity index (χ4v) is 3.11. The quantitative estimate of drug-likeness (QED) is 0.369. The predicted octanol–water partition coefficient (Wildman–Crippen LogP) is 2.05. The van der Waals surface area contributed by atoms with Gasteiger partial charge in [-0.2, -0.15) is 0 Å². The second kappa shape index (κ2) is 6.65. The van der Waals surface area contributed by atoms with Crippen molar-refractivity contribution in [3.05, 3.63) is 32.8 Å². The molecule has 0 saturated carbocycles. The van der Waals surface area contributed by atoms with Crippen molar-refractivity contribution in [1.82, 2.24) is 4.72 Å². The van der Waals surface area contributed by atoms with E-state index in [1.54, 1.807) is 0 Å². The Balaban J connectivity index is 3.03. The molecular weight excluding hydrogens is 336 g/mol. The minimum Gasteiger partial charge on any atom is -0.258 e. The van der Waals surface area contributed by atoms with Crippen molar-refractivity contribution >= 4 is 31.6 Å². The molecule has 1 aromatic rings. The average molecular weight is 347 g/mol. The van der Waals surface area contributed by atoms with E-state index in [-0.39, 0.29) is 11.4 Å². The first-order valence-electron chi connectivity index (χ1n) is 5.25. The zero-order valence-electron chi connectivity index (χ0n) is 9.80. The number of halogens is 1. The fourth-order valence-electron chi connectivity index (χ4n) is 1.33. The van der Waals surface area contributed by atoms with Crippen LogP contribution in [0.4, 0.5) is 5.69 Å². The number of nitrogens with one attached hydrogen (secondary N) is 1. The van der Waals surface area contributed by atoms with Gasteiger partial charge in [0.1, 0.15) is 0 Å². The summed E-state index contributed by atoms with van der Waals surface area (Å²) in [5.74, 6) is 2.38. The summed E-state index contributed by atoms with van der Waals surface area (Å²) in [4.78, 5) is 9.73. The van der Waals surface area contributed by atoms with E-state index < -0.39 is 20.6 Å². The van der Waals surface area contributed by atoms with Gasteiger partial charge in [-0.25, -0.2) is 13.1 Å². The van der Waals surface area contributed by atoms with E-state index in [4.69, 9.17) is 6.42 Å². The first-order chi connectivity index (χ1) is 8.88. The number of unbranched alkanes of at least 4 members (excludes halogenated alkanes) is 1. The molecule has 1 rings (SSSR count). The molecule has 19 heavy (non-hydrogen) atoms. The largest absolute Gasteiger partial charge is 0.289 e. The van der Waals surface area contributed by atoms with Crippen molar-refractivity contribution in [2.75, 3.05) is 6.54 Å². The molecule has 0 spiro atoms. The van der Waals surface area contributed by atoms with Crippen molar-refractivity contribution in [3.63, 3.8) is 0 Å². The van der Waals surface area contributed by atoms with Crippen molar-refractivity contribution in [2.45, 2.75) is 17.7 Å². The van der Waals surface area contributed by atoms with E-state index in [1.807, 2.05) is 0 Å². The topological polar surface area (TPSA) is 89.3 Å². The second-order valence-electron chi connectivity index (χ2n) is 3.57. The van der Waals surface area contributed by atoms with Gasteiger partial charge in [-0.1, -0.05) is 15.9 Å². The third kappa shape index (κ3) is 4.31. The third-order valence-electron chi connectivity index (χ3n) is 2.20. The number of hydrogen-bond acceptors (Lipinski definition) is 4. The summed E-state index contributed by atoms with van der Waals surface area (Å²) in [6.07, 6.45) is 5.95. The molecule has 0 radical (unpaired) electrons. The third-order valence-corrected chi connectivity index (χ3v) is 4.18. The molecule has 1 N–H and O–H groups in total. The van der Waals surface area contributed by atoms with Gasteiger partial charge in [0.2, 0.25) is 10.0 Å². The Morgan fingerprint density at radius 3 is 2.74 bits per heavy atom. The molecule has 8 heteroatoms. The normalized spacial score (nSPS) is 10.9. The SMILES string of the molecule is C#CCCCNS(=O)(=O)c1cc(Br)ccc1[N+](=O)[O-]. The molecule has 0 unspecified atom stereocenters. The lowest BCUT2D eigenvalue weighted by molar-refractivity contribution is -0.387. The Morgan fingerprint density at radius 1 is 1.47 bits per heavy atom. The Hall–Kier alpha value is -1.43. The minimum absolute atomic E-state index is 0.135. The first-order valence-corrected chi connectivity index (χ1v) is 7.53. The van der Waals surface area contributed by atoms with Crippen LogP contribution in [0.5, 0.6) is 0 Å². The van der Waals surface area contributed by atoms with Gasteiger partial charge in [0.25, 0.3) is 5.69 Å². The van der Waals surface area contributed by atoms with Crippen molar-refractivity contribution in [1.29, 1.82) is 0 Å². The van der Waals surface area contributed by atoms with Crippen LogP contribution in [0.1, 0.15) is 12.8 Å². The van der Waals surface area contributed by atoms with Crippen LogP contribution in [0.3, 0.4) is 0 Å². The number of hydrogen-bond donors (Lipinski definition) is 1. The van der Waals surface area contributed by atoms with Gasteiger partial charge in [0.05, 0.1) is 4.92 Å². The zero-order chi connectivity index (χ0) is 14.5. The van der Waals surface area contributed by atoms with Crippen LogP contribution in [0.15, 0.2) is 27.6 Å². The molecule has 0 aliphatic carbocycles. The molecular formula is C11H11BrN2O4S. The number of nitrogens with zero attached hydrogens (tertiary/aromatic N) is 1. The van der Waals surface area contributed by atoms with Crippen molar-refractivity contribution in [2.24, 2.45) is 0 Å². The average Bonchev–Trinajstić information content (AvgIpc) is 2.34. The molecule has 0 aromatic heterocycles. The molecule has 0 aliphatic rings. The highest BCUT2D eigenvalue weighted by molar-refractivity contribution is 9.10. The number of benzene rings is 1. The number of sulfonamides is 1. The lowest BCUT2D eigenvalue weighted by Gasteiger charge is -2.07. The Morgan fingerprint density at radius 2 is 2.16 bits per heavy atom. The Bertz CT molecular complexity index is 622. The van der Waals surface area contributed by atoms with Crippen LogP contribution in [-0.2, 0) is 10.0 Å². The Kier molecular flexibility index (Phi) is 5.47. The standard InChI is InChI=1S/C11H11BrN2O4S/c1-2-3-4-7-13-19(17,18)11-8-9(12)5-6-10(11)14(15)16/h1,5-6,8,13H,3-4,7H2. The van der Waals surface area contributed by atoms with E-state index in [9.17, 15) is 18.5 Å². The molecule has 0 heterocycles. The molecule has 0 saturated heterocycles. The maximum Gasteiger partial charge on any atom is 0.289 e. The summed E-state index contributed by atoms with van der Waals surface area (Å²) in [6, 6.07) is 3.75.